The highest BCUT2D eigenvalue weighted by molar-refractivity contribution is 5.91. The van der Waals surface area contributed by atoms with Gasteiger partial charge in [-0.2, -0.15) is 0 Å². The Balaban J connectivity index is 1.32. The third-order valence-electron chi connectivity index (χ3n) is 5.91. The lowest BCUT2D eigenvalue weighted by Gasteiger charge is -2.37. The van der Waals surface area contributed by atoms with E-state index in [1.807, 2.05) is 30.3 Å². The molecule has 1 saturated heterocycles. The molecule has 0 radical (unpaired) electrons. The van der Waals surface area contributed by atoms with E-state index in [9.17, 15) is 4.79 Å². The van der Waals surface area contributed by atoms with Gasteiger partial charge in [0.15, 0.2) is 11.6 Å². The van der Waals surface area contributed by atoms with Gasteiger partial charge in [-0.3, -0.25) is 4.79 Å². The van der Waals surface area contributed by atoms with Crippen molar-refractivity contribution >= 4 is 23.2 Å². The van der Waals surface area contributed by atoms with Gasteiger partial charge >= 0.3 is 0 Å². The van der Waals surface area contributed by atoms with Gasteiger partial charge in [0.1, 0.15) is 5.75 Å². The summed E-state index contributed by atoms with van der Waals surface area (Å²) in [5.41, 5.74) is 1.13. The smallest absolute Gasteiger partial charge is 0.228 e. The number of carbonyl (C=O) groups excluding carboxylic acids is 1. The van der Waals surface area contributed by atoms with E-state index >= 15 is 0 Å². The number of hydrogen-bond donors (Lipinski definition) is 1. The summed E-state index contributed by atoms with van der Waals surface area (Å²) in [4.78, 5) is 16.9. The average Bonchev–Trinajstić information content (AvgIpc) is 2.80. The Labute approximate surface area is 172 Å². The quantitative estimate of drug-likeness (QED) is 0.837. The van der Waals surface area contributed by atoms with Crippen molar-refractivity contribution in [3.63, 3.8) is 0 Å². The van der Waals surface area contributed by atoms with Gasteiger partial charge in [-0.15, -0.1) is 10.2 Å². The van der Waals surface area contributed by atoms with Crippen molar-refractivity contribution in [3.05, 3.63) is 36.4 Å². The second kappa shape index (κ2) is 9.11. The molecule has 4 rings (SSSR count). The summed E-state index contributed by atoms with van der Waals surface area (Å²) in [6.45, 7) is 3.51. The normalized spacial score (nSPS) is 17.8. The molecule has 1 N–H and O–H groups in total. The van der Waals surface area contributed by atoms with Crippen molar-refractivity contribution in [1.82, 2.24) is 10.2 Å². The monoisotopic (exact) mass is 395 g/mol. The van der Waals surface area contributed by atoms with Gasteiger partial charge in [-0.05, 0) is 37.1 Å². The topological polar surface area (TPSA) is 70.6 Å². The second-order valence-electron chi connectivity index (χ2n) is 7.75. The van der Waals surface area contributed by atoms with Crippen LogP contribution in [0, 0.1) is 5.92 Å². The van der Waals surface area contributed by atoms with E-state index in [2.05, 4.69) is 31.4 Å². The maximum absolute atomic E-state index is 12.4. The third kappa shape index (κ3) is 4.60. The van der Waals surface area contributed by atoms with Crippen LogP contribution in [0.25, 0.3) is 0 Å². The predicted octanol–water partition coefficient (Wildman–Crippen LogP) is 3.33. The van der Waals surface area contributed by atoms with Crippen molar-refractivity contribution < 1.29 is 9.53 Å². The summed E-state index contributed by atoms with van der Waals surface area (Å²) in [6.07, 6.45) is 5.48. The van der Waals surface area contributed by atoms with Crippen molar-refractivity contribution in [3.8, 4) is 5.75 Å². The highest BCUT2D eigenvalue weighted by atomic mass is 16.5. The van der Waals surface area contributed by atoms with Crippen LogP contribution in [-0.4, -0.2) is 49.4 Å². The summed E-state index contributed by atoms with van der Waals surface area (Å²) in [5.74, 6) is 2.49. The maximum atomic E-state index is 12.4. The molecule has 1 saturated carbocycles. The number of anilines is 3. The number of methoxy groups -OCH3 is 1. The fraction of sp³-hybridized carbons (Fsp3) is 0.500. The summed E-state index contributed by atoms with van der Waals surface area (Å²) >= 11 is 0. The summed E-state index contributed by atoms with van der Waals surface area (Å²) in [7, 11) is 1.71. The zero-order valence-corrected chi connectivity index (χ0v) is 17.0. The molecule has 0 atom stereocenters. The van der Waals surface area contributed by atoms with Gasteiger partial charge in [0, 0.05) is 32.1 Å². The van der Waals surface area contributed by atoms with E-state index < -0.39 is 0 Å². The van der Waals surface area contributed by atoms with E-state index in [1.165, 1.54) is 6.42 Å². The Kier molecular flexibility index (Phi) is 6.12. The number of nitrogens with one attached hydrogen (secondary N) is 1. The molecule has 1 aliphatic carbocycles. The number of para-hydroxylation sites is 2. The molecule has 0 bridgehead atoms. The van der Waals surface area contributed by atoms with Gasteiger partial charge in [0.05, 0.1) is 12.8 Å². The van der Waals surface area contributed by atoms with Crippen LogP contribution in [0.3, 0.4) is 0 Å². The van der Waals surface area contributed by atoms with Crippen LogP contribution in [0.5, 0.6) is 5.75 Å². The molecule has 0 unspecified atom stereocenters. The molecule has 1 aromatic heterocycles. The molecule has 2 aromatic rings. The minimum absolute atomic E-state index is 0.0807. The Bertz CT molecular complexity index is 812. The fourth-order valence-electron chi connectivity index (χ4n) is 4.22. The van der Waals surface area contributed by atoms with Crippen LogP contribution < -0.4 is 19.9 Å². The number of rotatable bonds is 5. The average molecular weight is 396 g/mol. The Morgan fingerprint density at radius 3 is 2.38 bits per heavy atom. The Hall–Kier alpha value is -2.83. The summed E-state index contributed by atoms with van der Waals surface area (Å²) < 4.78 is 5.49. The number of nitrogens with zero attached hydrogens (tertiary/aromatic N) is 4. The van der Waals surface area contributed by atoms with Crippen LogP contribution in [0.2, 0.25) is 0 Å². The maximum Gasteiger partial charge on any atom is 0.228 e. The summed E-state index contributed by atoms with van der Waals surface area (Å²) in [6, 6.07) is 11.9. The lowest BCUT2D eigenvalue weighted by Crippen LogP contribution is -2.47. The molecular weight excluding hydrogens is 366 g/mol. The number of amides is 1. The number of hydrogen-bond acceptors (Lipinski definition) is 6. The van der Waals surface area contributed by atoms with Crippen LogP contribution in [0.4, 0.5) is 17.3 Å². The highest BCUT2D eigenvalue weighted by Crippen LogP contribution is 2.29. The number of ether oxygens (including phenoxy) is 1. The number of piperazine rings is 1. The molecule has 154 valence electrons. The Morgan fingerprint density at radius 1 is 0.966 bits per heavy atom. The largest absolute Gasteiger partial charge is 0.495 e. The van der Waals surface area contributed by atoms with Crippen LogP contribution in [0.1, 0.15) is 32.1 Å². The number of benzene rings is 1. The van der Waals surface area contributed by atoms with Crippen LogP contribution >= 0.6 is 0 Å². The van der Waals surface area contributed by atoms with Gasteiger partial charge in [-0.1, -0.05) is 31.4 Å². The highest BCUT2D eigenvalue weighted by Gasteiger charge is 2.23. The molecule has 1 amide bonds. The van der Waals surface area contributed by atoms with Crippen molar-refractivity contribution in [2.45, 2.75) is 32.1 Å². The van der Waals surface area contributed by atoms with E-state index in [1.54, 1.807) is 7.11 Å². The van der Waals surface area contributed by atoms with Gasteiger partial charge in [-0.25, -0.2) is 0 Å². The lowest BCUT2D eigenvalue weighted by atomic mass is 9.89. The standard InChI is InChI=1S/C22H29N5O2/c1-29-19-10-6-5-9-18(19)26-13-15-27(16-14-26)21-12-11-20(24-25-21)23-22(28)17-7-3-2-4-8-17/h5-6,9-12,17H,2-4,7-8,13-16H2,1H3,(H,23,24,28). The van der Waals surface area contributed by atoms with Crippen molar-refractivity contribution in [2.24, 2.45) is 5.92 Å². The zero-order valence-electron chi connectivity index (χ0n) is 17.0. The molecular formula is C22H29N5O2. The van der Waals surface area contributed by atoms with Gasteiger partial charge in [0.25, 0.3) is 0 Å². The van der Waals surface area contributed by atoms with Gasteiger partial charge < -0.3 is 19.9 Å². The van der Waals surface area contributed by atoms with Crippen molar-refractivity contribution in [2.75, 3.05) is 48.4 Å². The van der Waals surface area contributed by atoms with Crippen LogP contribution in [0.15, 0.2) is 36.4 Å². The van der Waals surface area contributed by atoms with E-state index in [4.69, 9.17) is 4.74 Å². The van der Waals surface area contributed by atoms with E-state index in [0.717, 1.165) is 69.1 Å². The fourth-order valence-corrected chi connectivity index (χ4v) is 4.22. The summed E-state index contributed by atoms with van der Waals surface area (Å²) in [5, 5.41) is 11.5. The Morgan fingerprint density at radius 2 is 1.69 bits per heavy atom. The molecule has 2 heterocycles. The SMILES string of the molecule is COc1ccccc1N1CCN(c2ccc(NC(=O)C3CCCCC3)nn2)CC1. The molecule has 7 nitrogen and oxygen atoms in total. The van der Waals surface area contributed by atoms with E-state index in [-0.39, 0.29) is 11.8 Å². The first-order valence-electron chi connectivity index (χ1n) is 10.5. The van der Waals surface area contributed by atoms with E-state index in [0.29, 0.717) is 5.82 Å². The van der Waals surface area contributed by atoms with Crippen molar-refractivity contribution in [1.29, 1.82) is 0 Å². The molecule has 29 heavy (non-hydrogen) atoms. The van der Waals surface area contributed by atoms with Gasteiger partial charge in [0.2, 0.25) is 5.91 Å². The number of aromatic nitrogens is 2. The molecule has 2 aliphatic rings. The molecule has 0 spiro atoms. The predicted molar refractivity (Wildman–Crippen MR) is 115 cm³/mol. The molecule has 1 aliphatic heterocycles. The molecule has 7 heteroatoms. The number of carbonyl (C=O) groups is 1. The first-order valence-corrected chi connectivity index (χ1v) is 10.5. The third-order valence-corrected chi connectivity index (χ3v) is 5.91. The molecule has 2 fully saturated rings. The molecule has 1 aromatic carbocycles. The van der Waals surface area contributed by atoms with Crippen LogP contribution in [-0.2, 0) is 4.79 Å². The minimum Gasteiger partial charge on any atom is -0.495 e. The first-order chi connectivity index (χ1) is 14.2. The zero-order chi connectivity index (χ0) is 20.1. The lowest BCUT2D eigenvalue weighted by molar-refractivity contribution is -0.120. The first kappa shape index (κ1) is 19.5. The minimum atomic E-state index is 0.0807. The second-order valence-corrected chi connectivity index (χ2v) is 7.75.